The van der Waals surface area contributed by atoms with E-state index in [1.165, 1.54) is 6.20 Å². The zero-order valence-electron chi connectivity index (χ0n) is 10.5. The number of rotatable bonds is 2. The van der Waals surface area contributed by atoms with Crippen LogP contribution in [-0.4, -0.2) is 29.1 Å². The highest BCUT2D eigenvalue weighted by atomic mass is 16.4. The quantitative estimate of drug-likeness (QED) is 0.871. The van der Waals surface area contributed by atoms with E-state index < -0.39 is 11.4 Å². The Morgan fingerprint density at radius 1 is 1.58 bits per heavy atom. The molecule has 0 spiro atoms. The number of anilines is 1. The second kappa shape index (κ2) is 4.23. The van der Waals surface area contributed by atoms with Gasteiger partial charge in [-0.3, -0.25) is 4.79 Å². The van der Waals surface area contributed by atoms with Gasteiger partial charge in [-0.2, -0.15) is 5.26 Å². The molecular weight excluding hydrogens is 242 g/mol. The third kappa shape index (κ3) is 1.75. The highest BCUT2D eigenvalue weighted by Crippen LogP contribution is 2.49. The zero-order valence-corrected chi connectivity index (χ0v) is 10.5. The summed E-state index contributed by atoms with van der Waals surface area (Å²) >= 11 is 0. The molecule has 2 heterocycles. The fraction of sp³-hybridized carbons (Fsp3) is 0.500. The van der Waals surface area contributed by atoms with Crippen LogP contribution in [0.4, 0.5) is 5.82 Å². The summed E-state index contributed by atoms with van der Waals surface area (Å²) in [7, 11) is 0. The van der Waals surface area contributed by atoms with Crippen molar-refractivity contribution >= 4 is 11.8 Å². The van der Waals surface area contributed by atoms with Gasteiger partial charge in [-0.15, -0.1) is 0 Å². The van der Waals surface area contributed by atoms with E-state index in [4.69, 9.17) is 5.26 Å². The molecule has 0 unspecified atom stereocenters. The maximum atomic E-state index is 11.6. The molecule has 19 heavy (non-hydrogen) atoms. The SMILES string of the molecule is N#Cc1ccc(N2C[C@@H]3CCC[C@@]3(C(=O)O)C2)nc1. The lowest BCUT2D eigenvalue weighted by Crippen LogP contribution is -2.35. The number of carbonyl (C=O) groups is 1. The van der Waals surface area contributed by atoms with Crippen molar-refractivity contribution < 1.29 is 9.90 Å². The number of aromatic nitrogens is 1. The predicted molar refractivity (Wildman–Crippen MR) is 68.6 cm³/mol. The second-order valence-electron chi connectivity index (χ2n) is 5.45. The summed E-state index contributed by atoms with van der Waals surface area (Å²) in [6.45, 7) is 1.29. The molecule has 1 N–H and O–H groups in total. The van der Waals surface area contributed by atoms with Gasteiger partial charge < -0.3 is 10.0 Å². The van der Waals surface area contributed by atoms with Crippen LogP contribution in [0.3, 0.4) is 0 Å². The molecule has 98 valence electrons. The normalized spacial score (nSPS) is 29.0. The number of aliphatic carboxylic acids is 1. The van der Waals surface area contributed by atoms with Crippen molar-refractivity contribution in [2.75, 3.05) is 18.0 Å². The molecule has 2 fully saturated rings. The third-order valence-electron chi connectivity index (χ3n) is 4.50. The van der Waals surface area contributed by atoms with Gasteiger partial charge in [0, 0.05) is 19.3 Å². The van der Waals surface area contributed by atoms with Crippen molar-refractivity contribution in [1.82, 2.24) is 4.98 Å². The molecule has 3 rings (SSSR count). The van der Waals surface area contributed by atoms with Gasteiger partial charge in [0.05, 0.1) is 11.0 Å². The highest BCUT2D eigenvalue weighted by molar-refractivity contribution is 5.77. The molecule has 0 bridgehead atoms. The molecule has 1 saturated carbocycles. The van der Waals surface area contributed by atoms with Gasteiger partial charge >= 0.3 is 5.97 Å². The van der Waals surface area contributed by atoms with Gasteiger partial charge in [0.1, 0.15) is 11.9 Å². The van der Waals surface area contributed by atoms with Crippen LogP contribution in [0.2, 0.25) is 0 Å². The summed E-state index contributed by atoms with van der Waals surface area (Å²) in [6.07, 6.45) is 4.29. The fourth-order valence-corrected chi connectivity index (χ4v) is 3.45. The topological polar surface area (TPSA) is 77.2 Å². The summed E-state index contributed by atoms with van der Waals surface area (Å²) in [6, 6.07) is 5.56. The van der Waals surface area contributed by atoms with Crippen LogP contribution in [-0.2, 0) is 4.79 Å². The molecule has 1 aromatic rings. The first-order valence-electron chi connectivity index (χ1n) is 6.50. The molecule has 5 nitrogen and oxygen atoms in total. The van der Waals surface area contributed by atoms with E-state index in [1.807, 2.05) is 11.0 Å². The van der Waals surface area contributed by atoms with Crippen molar-refractivity contribution in [3.63, 3.8) is 0 Å². The number of hydrogen-bond acceptors (Lipinski definition) is 4. The van der Waals surface area contributed by atoms with E-state index in [0.29, 0.717) is 12.1 Å². The van der Waals surface area contributed by atoms with Crippen LogP contribution in [0.25, 0.3) is 0 Å². The van der Waals surface area contributed by atoms with E-state index in [2.05, 4.69) is 4.98 Å². The number of nitriles is 1. The Morgan fingerprint density at radius 3 is 3.00 bits per heavy atom. The lowest BCUT2D eigenvalue weighted by molar-refractivity contribution is -0.149. The Kier molecular flexibility index (Phi) is 2.67. The Morgan fingerprint density at radius 2 is 2.42 bits per heavy atom. The van der Waals surface area contributed by atoms with Crippen molar-refractivity contribution in [3.8, 4) is 6.07 Å². The summed E-state index contributed by atoms with van der Waals surface area (Å²) in [5.74, 6) is 0.322. The van der Waals surface area contributed by atoms with Crippen LogP contribution in [0, 0.1) is 22.7 Å². The van der Waals surface area contributed by atoms with E-state index in [0.717, 1.165) is 31.6 Å². The minimum Gasteiger partial charge on any atom is -0.481 e. The van der Waals surface area contributed by atoms with Gasteiger partial charge in [-0.1, -0.05) is 6.42 Å². The van der Waals surface area contributed by atoms with E-state index >= 15 is 0 Å². The Labute approximate surface area is 111 Å². The van der Waals surface area contributed by atoms with Crippen molar-refractivity contribution in [2.24, 2.45) is 11.3 Å². The van der Waals surface area contributed by atoms with Gasteiger partial charge in [0.2, 0.25) is 0 Å². The summed E-state index contributed by atoms with van der Waals surface area (Å²) in [5.41, 5.74) is -0.0636. The van der Waals surface area contributed by atoms with Crippen LogP contribution in [0.1, 0.15) is 24.8 Å². The van der Waals surface area contributed by atoms with E-state index in [1.54, 1.807) is 12.1 Å². The average molecular weight is 257 g/mol. The van der Waals surface area contributed by atoms with E-state index in [-0.39, 0.29) is 5.92 Å². The van der Waals surface area contributed by atoms with Crippen molar-refractivity contribution in [2.45, 2.75) is 19.3 Å². The highest BCUT2D eigenvalue weighted by Gasteiger charge is 2.55. The fourth-order valence-electron chi connectivity index (χ4n) is 3.45. The van der Waals surface area contributed by atoms with E-state index in [9.17, 15) is 9.90 Å². The average Bonchev–Trinajstić information content (AvgIpc) is 2.96. The van der Waals surface area contributed by atoms with Crippen LogP contribution in [0.5, 0.6) is 0 Å². The molecule has 0 aromatic carbocycles. The minimum atomic E-state index is -0.675. The standard InChI is InChI=1S/C14H15N3O2/c15-6-10-3-4-12(16-7-10)17-8-11-2-1-5-14(11,9-17)13(18)19/h3-4,7,11H,1-2,5,8-9H2,(H,18,19)/t11-,14+/m0/s1. The number of carboxylic acid groups (broad SMARTS) is 1. The molecule has 2 atom stereocenters. The number of carboxylic acids is 1. The molecule has 0 amide bonds. The summed E-state index contributed by atoms with van der Waals surface area (Å²) in [4.78, 5) is 17.9. The number of fused-ring (bicyclic) bond motifs is 1. The zero-order chi connectivity index (χ0) is 13.5. The van der Waals surface area contributed by atoms with Crippen LogP contribution < -0.4 is 4.90 Å². The van der Waals surface area contributed by atoms with Gasteiger partial charge in [-0.05, 0) is 30.9 Å². The second-order valence-corrected chi connectivity index (χ2v) is 5.45. The first-order chi connectivity index (χ1) is 9.15. The lowest BCUT2D eigenvalue weighted by atomic mass is 9.81. The smallest absolute Gasteiger partial charge is 0.311 e. The first-order valence-corrected chi connectivity index (χ1v) is 6.50. The molecule has 1 aromatic heterocycles. The summed E-state index contributed by atoms with van der Waals surface area (Å²) < 4.78 is 0. The Hall–Kier alpha value is -2.09. The lowest BCUT2D eigenvalue weighted by Gasteiger charge is -2.23. The molecule has 0 radical (unpaired) electrons. The summed E-state index contributed by atoms with van der Waals surface area (Å²) in [5, 5.41) is 18.3. The predicted octanol–water partition coefficient (Wildman–Crippen LogP) is 1.64. The Balaban J connectivity index is 1.85. The largest absolute Gasteiger partial charge is 0.481 e. The molecular formula is C14H15N3O2. The number of hydrogen-bond donors (Lipinski definition) is 1. The number of pyridine rings is 1. The van der Waals surface area contributed by atoms with Crippen molar-refractivity contribution in [3.05, 3.63) is 23.9 Å². The maximum Gasteiger partial charge on any atom is 0.311 e. The van der Waals surface area contributed by atoms with Crippen LogP contribution >= 0.6 is 0 Å². The van der Waals surface area contributed by atoms with Crippen LogP contribution in [0.15, 0.2) is 18.3 Å². The molecule has 1 saturated heterocycles. The minimum absolute atomic E-state index is 0.224. The van der Waals surface area contributed by atoms with Gasteiger partial charge in [0.15, 0.2) is 0 Å². The first kappa shape index (κ1) is 12.0. The monoisotopic (exact) mass is 257 g/mol. The number of nitrogens with zero attached hydrogens (tertiary/aromatic N) is 3. The molecule has 5 heteroatoms. The molecule has 1 aliphatic carbocycles. The maximum absolute atomic E-state index is 11.6. The Bertz CT molecular complexity index is 549. The van der Waals surface area contributed by atoms with Crippen molar-refractivity contribution in [1.29, 1.82) is 5.26 Å². The van der Waals surface area contributed by atoms with Gasteiger partial charge in [-0.25, -0.2) is 4.98 Å². The molecule has 2 aliphatic rings. The van der Waals surface area contributed by atoms with Gasteiger partial charge in [0.25, 0.3) is 0 Å². The molecule has 1 aliphatic heterocycles. The third-order valence-corrected chi connectivity index (χ3v) is 4.50.